The molecule has 0 spiro atoms. The van der Waals surface area contributed by atoms with Crippen LogP contribution in [-0.2, 0) is 4.74 Å². The number of aromatic nitrogens is 1. The van der Waals surface area contributed by atoms with Crippen molar-refractivity contribution in [1.82, 2.24) is 9.88 Å². The summed E-state index contributed by atoms with van der Waals surface area (Å²) >= 11 is 0. The third kappa shape index (κ3) is 3.59. The molecule has 0 saturated carbocycles. The van der Waals surface area contributed by atoms with E-state index in [0.717, 1.165) is 48.5 Å². The number of likely N-dealkylation sites (N-methyl/N-ethyl adjacent to an activating group) is 1. The number of ether oxygens (including phenoxy) is 1. The Morgan fingerprint density at radius 2 is 2.15 bits per heavy atom. The van der Waals surface area contributed by atoms with E-state index >= 15 is 0 Å². The lowest BCUT2D eigenvalue weighted by molar-refractivity contribution is 0.163. The van der Waals surface area contributed by atoms with Crippen molar-refractivity contribution in [3.8, 4) is 0 Å². The number of rotatable bonds is 7. The van der Waals surface area contributed by atoms with Gasteiger partial charge in [0.2, 0.25) is 0 Å². The monoisotopic (exact) mass is 274 g/mol. The van der Waals surface area contributed by atoms with Gasteiger partial charge in [-0.05, 0) is 31.3 Å². The number of hydrogen-bond donors (Lipinski definition) is 2. The molecule has 0 bridgehead atoms. The van der Waals surface area contributed by atoms with Gasteiger partial charge in [0.15, 0.2) is 0 Å². The summed E-state index contributed by atoms with van der Waals surface area (Å²) in [4.78, 5) is 6.51. The number of methoxy groups -OCH3 is 1. The minimum Gasteiger partial charge on any atom is -0.397 e. The molecule has 1 aromatic carbocycles. The fraction of sp³-hybridized carbons (Fsp3) is 0.400. The second-order valence-electron chi connectivity index (χ2n) is 4.82. The Balaban J connectivity index is 1.95. The zero-order valence-electron chi connectivity index (χ0n) is 12.1. The molecule has 0 fully saturated rings. The molecule has 0 radical (unpaired) electrons. The number of anilines is 2. The lowest BCUT2D eigenvalue weighted by Gasteiger charge is -2.17. The molecule has 1 aromatic heterocycles. The highest BCUT2D eigenvalue weighted by Gasteiger charge is 2.04. The van der Waals surface area contributed by atoms with Gasteiger partial charge in [0, 0.05) is 38.3 Å². The largest absolute Gasteiger partial charge is 0.397 e. The Hall–Kier alpha value is -1.85. The van der Waals surface area contributed by atoms with Gasteiger partial charge in [-0.1, -0.05) is 0 Å². The molecular weight excluding hydrogens is 252 g/mol. The van der Waals surface area contributed by atoms with Gasteiger partial charge in [-0.3, -0.25) is 4.98 Å². The number of pyridine rings is 1. The van der Waals surface area contributed by atoms with Crippen molar-refractivity contribution in [3.05, 3.63) is 30.5 Å². The van der Waals surface area contributed by atoms with Gasteiger partial charge >= 0.3 is 0 Å². The van der Waals surface area contributed by atoms with Crippen molar-refractivity contribution in [3.63, 3.8) is 0 Å². The molecule has 0 unspecified atom stereocenters. The summed E-state index contributed by atoms with van der Waals surface area (Å²) in [6.07, 6.45) is 1.78. The molecule has 0 amide bonds. The first-order chi connectivity index (χ1) is 9.72. The Kier molecular flexibility index (Phi) is 5.15. The highest BCUT2D eigenvalue weighted by Crippen LogP contribution is 2.26. The van der Waals surface area contributed by atoms with Crippen LogP contribution in [0.4, 0.5) is 11.4 Å². The number of fused-ring (bicyclic) bond motifs is 1. The maximum absolute atomic E-state index is 6.18. The molecule has 0 aliphatic heterocycles. The number of nitrogens with two attached hydrogens (primary N) is 1. The average molecular weight is 274 g/mol. The van der Waals surface area contributed by atoms with Crippen LogP contribution in [-0.4, -0.2) is 50.3 Å². The lowest BCUT2D eigenvalue weighted by atomic mass is 10.1. The predicted molar refractivity (Wildman–Crippen MR) is 84.0 cm³/mol. The lowest BCUT2D eigenvalue weighted by Crippen LogP contribution is -2.28. The van der Waals surface area contributed by atoms with Crippen molar-refractivity contribution in [2.24, 2.45) is 0 Å². The van der Waals surface area contributed by atoms with Crippen molar-refractivity contribution in [1.29, 1.82) is 0 Å². The predicted octanol–water partition coefficient (Wildman–Crippen LogP) is 1.81. The van der Waals surface area contributed by atoms with E-state index in [0.29, 0.717) is 0 Å². The van der Waals surface area contributed by atoms with Crippen molar-refractivity contribution in [2.75, 3.05) is 51.4 Å². The van der Waals surface area contributed by atoms with Gasteiger partial charge in [0.25, 0.3) is 0 Å². The topological polar surface area (TPSA) is 63.4 Å². The van der Waals surface area contributed by atoms with Crippen molar-refractivity contribution < 1.29 is 4.74 Å². The van der Waals surface area contributed by atoms with Gasteiger partial charge in [0.1, 0.15) is 0 Å². The normalized spacial score (nSPS) is 11.2. The minimum atomic E-state index is 0.750. The molecular formula is C15H22N4O. The van der Waals surface area contributed by atoms with E-state index in [-0.39, 0.29) is 0 Å². The SMILES string of the molecule is COCCN(C)CCNc1ccc2ncccc2c1N. The number of benzene rings is 1. The molecule has 108 valence electrons. The average Bonchev–Trinajstić information content (AvgIpc) is 2.48. The molecule has 0 atom stereocenters. The van der Waals surface area contributed by atoms with Gasteiger partial charge < -0.3 is 20.7 Å². The Bertz CT molecular complexity index is 559. The molecule has 2 aromatic rings. The van der Waals surface area contributed by atoms with E-state index in [4.69, 9.17) is 10.5 Å². The molecule has 20 heavy (non-hydrogen) atoms. The quantitative estimate of drug-likeness (QED) is 0.754. The van der Waals surface area contributed by atoms with Crippen LogP contribution < -0.4 is 11.1 Å². The first kappa shape index (κ1) is 14.6. The highest BCUT2D eigenvalue weighted by atomic mass is 16.5. The number of nitrogen functional groups attached to an aromatic ring is 1. The van der Waals surface area contributed by atoms with Crippen LogP contribution in [0.2, 0.25) is 0 Å². The van der Waals surface area contributed by atoms with Crippen LogP contribution in [0.25, 0.3) is 10.9 Å². The van der Waals surface area contributed by atoms with Gasteiger partial charge in [-0.2, -0.15) is 0 Å². The van der Waals surface area contributed by atoms with Crippen LogP contribution >= 0.6 is 0 Å². The zero-order chi connectivity index (χ0) is 14.4. The smallest absolute Gasteiger partial charge is 0.0724 e. The van der Waals surface area contributed by atoms with E-state index in [2.05, 4.69) is 22.2 Å². The maximum Gasteiger partial charge on any atom is 0.0724 e. The van der Waals surface area contributed by atoms with E-state index in [1.807, 2.05) is 24.3 Å². The first-order valence-electron chi connectivity index (χ1n) is 6.77. The molecule has 1 heterocycles. The Morgan fingerprint density at radius 1 is 1.30 bits per heavy atom. The summed E-state index contributed by atoms with van der Waals surface area (Å²) in [6, 6.07) is 7.87. The van der Waals surface area contributed by atoms with Crippen LogP contribution in [0.5, 0.6) is 0 Å². The Labute approximate surface area is 119 Å². The summed E-state index contributed by atoms with van der Waals surface area (Å²) in [5.74, 6) is 0. The third-order valence-electron chi connectivity index (χ3n) is 3.31. The Morgan fingerprint density at radius 3 is 2.95 bits per heavy atom. The number of nitrogens with zero attached hydrogens (tertiary/aromatic N) is 2. The fourth-order valence-electron chi connectivity index (χ4n) is 2.07. The third-order valence-corrected chi connectivity index (χ3v) is 3.31. The molecule has 5 nitrogen and oxygen atoms in total. The highest BCUT2D eigenvalue weighted by molar-refractivity contribution is 5.96. The molecule has 2 rings (SSSR count). The van der Waals surface area contributed by atoms with E-state index in [1.54, 1.807) is 13.3 Å². The molecule has 0 aliphatic rings. The fourth-order valence-corrected chi connectivity index (χ4v) is 2.07. The second kappa shape index (κ2) is 7.07. The first-order valence-corrected chi connectivity index (χ1v) is 6.77. The van der Waals surface area contributed by atoms with E-state index in [9.17, 15) is 0 Å². The molecule has 5 heteroatoms. The second-order valence-corrected chi connectivity index (χ2v) is 4.82. The summed E-state index contributed by atoms with van der Waals surface area (Å²) in [7, 11) is 3.80. The van der Waals surface area contributed by atoms with Gasteiger partial charge in [-0.25, -0.2) is 0 Å². The van der Waals surface area contributed by atoms with Crippen LogP contribution in [0, 0.1) is 0 Å². The number of hydrogen-bond acceptors (Lipinski definition) is 5. The van der Waals surface area contributed by atoms with E-state index in [1.165, 1.54) is 0 Å². The van der Waals surface area contributed by atoms with Crippen LogP contribution in [0.1, 0.15) is 0 Å². The van der Waals surface area contributed by atoms with Gasteiger partial charge in [-0.15, -0.1) is 0 Å². The molecule has 3 N–H and O–H groups in total. The standard InChI is InChI=1S/C15H22N4O/c1-19(10-11-20-2)9-8-18-14-6-5-13-12(15(14)16)4-3-7-17-13/h3-7,18H,8-11,16H2,1-2H3. The minimum absolute atomic E-state index is 0.750. The molecule has 0 aliphatic carbocycles. The van der Waals surface area contributed by atoms with Crippen LogP contribution in [0.15, 0.2) is 30.5 Å². The summed E-state index contributed by atoms with van der Waals surface area (Å²) in [6.45, 7) is 3.46. The van der Waals surface area contributed by atoms with Crippen molar-refractivity contribution in [2.45, 2.75) is 0 Å². The zero-order valence-corrected chi connectivity index (χ0v) is 12.1. The summed E-state index contributed by atoms with van der Waals surface area (Å²) in [5.41, 5.74) is 8.83. The van der Waals surface area contributed by atoms with Gasteiger partial charge in [0.05, 0.1) is 23.5 Å². The summed E-state index contributed by atoms with van der Waals surface area (Å²) in [5, 5.41) is 4.37. The summed E-state index contributed by atoms with van der Waals surface area (Å²) < 4.78 is 5.06. The molecule has 0 saturated heterocycles. The van der Waals surface area contributed by atoms with E-state index < -0.39 is 0 Å². The van der Waals surface area contributed by atoms with Crippen LogP contribution in [0.3, 0.4) is 0 Å². The van der Waals surface area contributed by atoms with Crippen molar-refractivity contribution >= 4 is 22.3 Å². The number of nitrogens with one attached hydrogen (secondary N) is 1. The maximum atomic E-state index is 6.18.